The normalized spacial score (nSPS) is 10.7. The number of anilines is 1. The predicted octanol–water partition coefficient (Wildman–Crippen LogP) is 2.37. The summed E-state index contributed by atoms with van der Waals surface area (Å²) in [6.45, 7) is 8.52. The second-order valence-electron chi connectivity index (χ2n) is 4.90. The van der Waals surface area contributed by atoms with E-state index in [2.05, 4.69) is 24.5 Å². The van der Waals surface area contributed by atoms with E-state index in [1.54, 1.807) is 7.11 Å². The maximum atomic E-state index is 5.64. The molecule has 0 aromatic heterocycles. The van der Waals surface area contributed by atoms with Crippen LogP contribution in [0.15, 0.2) is 24.3 Å². The van der Waals surface area contributed by atoms with Gasteiger partial charge in [0.1, 0.15) is 5.75 Å². The van der Waals surface area contributed by atoms with Gasteiger partial charge in [0.25, 0.3) is 0 Å². The van der Waals surface area contributed by atoms with E-state index in [4.69, 9.17) is 9.47 Å². The van der Waals surface area contributed by atoms with Crippen LogP contribution in [0, 0.1) is 5.92 Å². The van der Waals surface area contributed by atoms with Crippen molar-refractivity contribution in [1.82, 2.24) is 5.32 Å². The van der Waals surface area contributed by atoms with Crippen LogP contribution in [0.2, 0.25) is 0 Å². The van der Waals surface area contributed by atoms with Crippen LogP contribution in [0.4, 0.5) is 5.69 Å². The summed E-state index contributed by atoms with van der Waals surface area (Å²) in [7, 11) is 1.71. The Bertz CT molecular complexity index is 325. The van der Waals surface area contributed by atoms with Gasteiger partial charge in [-0.3, -0.25) is 0 Å². The van der Waals surface area contributed by atoms with Gasteiger partial charge >= 0.3 is 0 Å². The Morgan fingerprint density at radius 3 is 2.42 bits per heavy atom. The quantitative estimate of drug-likeness (QED) is 0.638. The first-order valence-electron chi connectivity index (χ1n) is 6.88. The van der Waals surface area contributed by atoms with Crippen LogP contribution >= 0.6 is 0 Å². The van der Waals surface area contributed by atoms with Gasteiger partial charge < -0.3 is 20.1 Å². The minimum Gasteiger partial charge on any atom is -0.493 e. The van der Waals surface area contributed by atoms with Gasteiger partial charge in [-0.05, 0) is 30.2 Å². The third kappa shape index (κ3) is 7.70. The van der Waals surface area contributed by atoms with Gasteiger partial charge in [-0.15, -0.1) is 0 Å². The molecule has 0 heterocycles. The summed E-state index contributed by atoms with van der Waals surface area (Å²) in [5.74, 6) is 1.48. The van der Waals surface area contributed by atoms with Gasteiger partial charge in [-0.1, -0.05) is 13.8 Å². The Morgan fingerprint density at radius 1 is 1.05 bits per heavy atom. The topological polar surface area (TPSA) is 42.5 Å². The monoisotopic (exact) mass is 266 g/mol. The molecule has 1 aromatic rings. The second kappa shape index (κ2) is 9.64. The molecule has 0 aliphatic heterocycles. The standard InChI is InChI=1S/C15H26N2O2/c1-13(2)12-19-15-6-4-14(5-7-15)17-9-8-16-10-11-18-3/h4-7,13,16-17H,8-12H2,1-3H3. The van der Waals surface area contributed by atoms with Crippen molar-refractivity contribution >= 4 is 5.69 Å². The van der Waals surface area contributed by atoms with E-state index in [1.807, 2.05) is 24.3 Å². The van der Waals surface area contributed by atoms with E-state index in [-0.39, 0.29) is 0 Å². The number of benzene rings is 1. The van der Waals surface area contributed by atoms with E-state index in [1.165, 1.54) is 0 Å². The molecule has 0 amide bonds. The van der Waals surface area contributed by atoms with Crippen LogP contribution < -0.4 is 15.4 Å². The molecular formula is C15H26N2O2. The Hall–Kier alpha value is -1.26. The highest BCUT2D eigenvalue weighted by Crippen LogP contribution is 2.16. The lowest BCUT2D eigenvalue weighted by Gasteiger charge is -2.10. The fourth-order valence-corrected chi connectivity index (χ4v) is 1.53. The van der Waals surface area contributed by atoms with Gasteiger partial charge in [0.15, 0.2) is 0 Å². The second-order valence-corrected chi connectivity index (χ2v) is 4.90. The highest BCUT2D eigenvalue weighted by molar-refractivity contribution is 5.46. The zero-order chi connectivity index (χ0) is 13.9. The summed E-state index contributed by atoms with van der Waals surface area (Å²) in [6.07, 6.45) is 0. The third-order valence-electron chi connectivity index (χ3n) is 2.55. The largest absolute Gasteiger partial charge is 0.493 e. The number of nitrogens with one attached hydrogen (secondary N) is 2. The summed E-state index contributed by atoms with van der Waals surface area (Å²) in [4.78, 5) is 0. The fourth-order valence-electron chi connectivity index (χ4n) is 1.53. The van der Waals surface area contributed by atoms with Crippen LogP contribution in [0.3, 0.4) is 0 Å². The number of ether oxygens (including phenoxy) is 2. The van der Waals surface area contributed by atoms with Crippen LogP contribution in [0.5, 0.6) is 5.75 Å². The van der Waals surface area contributed by atoms with Crippen molar-refractivity contribution in [2.45, 2.75) is 13.8 Å². The van der Waals surface area contributed by atoms with E-state index in [0.29, 0.717) is 5.92 Å². The molecule has 2 N–H and O–H groups in total. The lowest BCUT2D eigenvalue weighted by molar-refractivity contribution is 0.200. The first-order valence-corrected chi connectivity index (χ1v) is 6.88. The first kappa shape index (κ1) is 15.8. The molecule has 19 heavy (non-hydrogen) atoms. The first-order chi connectivity index (χ1) is 9.22. The van der Waals surface area contributed by atoms with E-state index < -0.39 is 0 Å². The van der Waals surface area contributed by atoms with E-state index in [9.17, 15) is 0 Å². The van der Waals surface area contributed by atoms with Crippen molar-refractivity contribution in [1.29, 1.82) is 0 Å². The number of methoxy groups -OCH3 is 1. The maximum absolute atomic E-state index is 5.64. The third-order valence-corrected chi connectivity index (χ3v) is 2.55. The molecule has 108 valence electrons. The summed E-state index contributed by atoms with van der Waals surface area (Å²) in [6, 6.07) is 8.10. The van der Waals surface area contributed by atoms with Gasteiger partial charge in [0.2, 0.25) is 0 Å². The van der Waals surface area contributed by atoms with Crippen LogP contribution in [-0.2, 0) is 4.74 Å². The zero-order valence-corrected chi connectivity index (χ0v) is 12.2. The maximum Gasteiger partial charge on any atom is 0.119 e. The molecule has 4 nitrogen and oxygen atoms in total. The average Bonchev–Trinajstić information content (AvgIpc) is 2.41. The highest BCUT2D eigenvalue weighted by Gasteiger charge is 1.97. The molecular weight excluding hydrogens is 240 g/mol. The molecule has 0 saturated heterocycles. The Balaban J connectivity index is 2.17. The van der Waals surface area contributed by atoms with Crippen molar-refractivity contribution in [3.8, 4) is 5.75 Å². The van der Waals surface area contributed by atoms with Gasteiger partial charge in [-0.25, -0.2) is 0 Å². The van der Waals surface area contributed by atoms with Crippen molar-refractivity contribution in [3.05, 3.63) is 24.3 Å². The van der Waals surface area contributed by atoms with Gasteiger partial charge in [0.05, 0.1) is 13.2 Å². The molecule has 0 unspecified atom stereocenters. The molecule has 4 heteroatoms. The number of hydrogen-bond donors (Lipinski definition) is 2. The molecule has 0 spiro atoms. The molecule has 0 atom stereocenters. The minimum atomic E-state index is 0.552. The summed E-state index contributed by atoms with van der Waals surface area (Å²) in [5, 5.41) is 6.64. The Labute approximate surface area is 116 Å². The van der Waals surface area contributed by atoms with Gasteiger partial charge in [-0.2, -0.15) is 0 Å². The smallest absolute Gasteiger partial charge is 0.119 e. The predicted molar refractivity (Wildman–Crippen MR) is 80.0 cm³/mol. The Kier molecular flexibility index (Phi) is 8.02. The molecule has 0 fully saturated rings. The average molecular weight is 266 g/mol. The zero-order valence-electron chi connectivity index (χ0n) is 12.2. The minimum absolute atomic E-state index is 0.552. The van der Waals surface area contributed by atoms with Crippen molar-refractivity contribution in [3.63, 3.8) is 0 Å². The van der Waals surface area contributed by atoms with Gasteiger partial charge in [0, 0.05) is 32.4 Å². The number of hydrogen-bond acceptors (Lipinski definition) is 4. The summed E-state index contributed by atoms with van der Waals surface area (Å²) >= 11 is 0. The Morgan fingerprint density at radius 2 is 1.79 bits per heavy atom. The van der Waals surface area contributed by atoms with E-state index in [0.717, 1.165) is 44.3 Å². The van der Waals surface area contributed by atoms with Crippen LogP contribution in [-0.4, -0.2) is 40.0 Å². The van der Waals surface area contributed by atoms with Crippen molar-refractivity contribution < 1.29 is 9.47 Å². The number of rotatable bonds is 10. The van der Waals surface area contributed by atoms with Crippen molar-refractivity contribution in [2.75, 3.05) is 45.3 Å². The summed E-state index contributed by atoms with van der Waals surface area (Å²) in [5.41, 5.74) is 1.12. The van der Waals surface area contributed by atoms with Crippen LogP contribution in [0.1, 0.15) is 13.8 Å². The molecule has 0 aliphatic carbocycles. The lowest BCUT2D eigenvalue weighted by Crippen LogP contribution is -2.25. The molecule has 1 rings (SSSR count). The molecule has 0 radical (unpaired) electrons. The van der Waals surface area contributed by atoms with E-state index >= 15 is 0 Å². The lowest BCUT2D eigenvalue weighted by atomic mass is 10.2. The highest BCUT2D eigenvalue weighted by atomic mass is 16.5. The van der Waals surface area contributed by atoms with Crippen LogP contribution in [0.25, 0.3) is 0 Å². The molecule has 0 aliphatic rings. The molecule has 1 aromatic carbocycles. The molecule has 0 saturated carbocycles. The fraction of sp³-hybridized carbons (Fsp3) is 0.600. The molecule has 0 bridgehead atoms. The summed E-state index contributed by atoms with van der Waals surface area (Å²) < 4.78 is 10.6. The SMILES string of the molecule is COCCNCCNc1ccc(OCC(C)C)cc1. The van der Waals surface area contributed by atoms with Crippen molar-refractivity contribution in [2.24, 2.45) is 5.92 Å².